The Bertz CT molecular complexity index is 1430. The molecule has 0 radical (unpaired) electrons. The summed E-state index contributed by atoms with van der Waals surface area (Å²) in [5, 5.41) is 16.2. The highest BCUT2D eigenvalue weighted by molar-refractivity contribution is 7.89. The summed E-state index contributed by atoms with van der Waals surface area (Å²) in [5.41, 5.74) is 0.119. The molecule has 10 heteroatoms. The molecule has 4 rings (SSSR count). The lowest BCUT2D eigenvalue weighted by Crippen LogP contribution is -2.50. The standard InChI is InChI=1S/C28H32N4O4S2/c1-19(2)14-23(31-28(34)25-15-21-9-3-5-11-24(21)37-25)27(33)30-17-20-8-7-13-32(18-20)38(35,36)26-12-6-4-10-22(26)16-29/h3-6,9-12,15,19-20,23H,7-8,13-14,17-18H2,1-2H3,(H,30,33)(H,31,34)/t20-,23+/m1/s1. The average molecular weight is 553 g/mol. The van der Waals surface area contributed by atoms with Gasteiger partial charge in [-0.2, -0.15) is 9.57 Å². The molecular formula is C28H32N4O4S2. The van der Waals surface area contributed by atoms with Gasteiger partial charge in [0.25, 0.3) is 5.91 Å². The number of amides is 2. The first kappa shape index (κ1) is 27.8. The molecule has 0 aliphatic carbocycles. The van der Waals surface area contributed by atoms with Gasteiger partial charge in [0.2, 0.25) is 15.9 Å². The van der Waals surface area contributed by atoms with Gasteiger partial charge in [-0.05, 0) is 60.7 Å². The van der Waals surface area contributed by atoms with Crippen molar-refractivity contribution >= 4 is 43.3 Å². The minimum absolute atomic E-state index is 0.00753. The molecule has 2 amide bonds. The number of rotatable bonds is 9. The van der Waals surface area contributed by atoms with E-state index in [9.17, 15) is 23.3 Å². The van der Waals surface area contributed by atoms with Crippen molar-refractivity contribution in [2.45, 2.75) is 44.0 Å². The smallest absolute Gasteiger partial charge is 0.262 e. The highest BCUT2D eigenvalue weighted by Crippen LogP contribution is 2.27. The Labute approximate surface area is 227 Å². The highest BCUT2D eigenvalue weighted by Gasteiger charge is 2.32. The van der Waals surface area contributed by atoms with Gasteiger partial charge in [-0.15, -0.1) is 11.3 Å². The van der Waals surface area contributed by atoms with Gasteiger partial charge in [-0.25, -0.2) is 8.42 Å². The molecule has 1 aliphatic heterocycles. The van der Waals surface area contributed by atoms with E-state index in [4.69, 9.17) is 0 Å². The average Bonchev–Trinajstić information content (AvgIpc) is 3.36. The zero-order valence-electron chi connectivity index (χ0n) is 21.5. The summed E-state index contributed by atoms with van der Waals surface area (Å²) in [5.74, 6) is -0.445. The van der Waals surface area contributed by atoms with Crippen LogP contribution in [0.1, 0.15) is 48.3 Å². The van der Waals surface area contributed by atoms with E-state index in [1.165, 1.54) is 27.8 Å². The van der Waals surface area contributed by atoms with Crippen LogP contribution in [-0.4, -0.2) is 50.2 Å². The summed E-state index contributed by atoms with van der Waals surface area (Å²) < 4.78 is 28.9. The van der Waals surface area contributed by atoms with Gasteiger partial charge in [0.05, 0.1) is 15.3 Å². The maximum atomic E-state index is 13.2. The molecule has 38 heavy (non-hydrogen) atoms. The number of hydrogen-bond donors (Lipinski definition) is 2. The van der Waals surface area contributed by atoms with Crippen LogP contribution in [0.15, 0.2) is 59.5 Å². The van der Waals surface area contributed by atoms with Gasteiger partial charge in [-0.1, -0.05) is 44.2 Å². The van der Waals surface area contributed by atoms with Crippen molar-refractivity contribution in [3.05, 3.63) is 65.0 Å². The first-order valence-corrected chi connectivity index (χ1v) is 15.0. The van der Waals surface area contributed by atoms with Crippen molar-refractivity contribution in [2.75, 3.05) is 19.6 Å². The van der Waals surface area contributed by atoms with Crippen LogP contribution < -0.4 is 10.6 Å². The molecule has 0 saturated carbocycles. The van der Waals surface area contributed by atoms with Gasteiger partial charge in [0, 0.05) is 24.3 Å². The number of carbonyl (C=O) groups is 2. The molecule has 3 aromatic rings. The minimum Gasteiger partial charge on any atom is -0.354 e. The number of nitrogens with one attached hydrogen (secondary N) is 2. The van der Waals surface area contributed by atoms with Crippen LogP contribution in [0.25, 0.3) is 10.1 Å². The number of sulfonamides is 1. The third-order valence-electron chi connectivity index (χ3n) is 6.65. The Morgan fingerprint density at radius 1 is 1.16 bits per heavy atom. The molecule has 2 heterocycles. The fourth-order valence-electron chi connectivity index (χ4n) is 4.73. The van der Waals surface area contributed by atoms with E-state index in [1.54, 1.807) is 12.1 Å². The van der Waals surface area contributed by atoms with Crippen LogP contribution in [0.5, 0.6) is 0 Å². The van der Waals surface area contributed by atoms with Crippen LogP contribution in [0.3, 0.4) is 0 Å². The summed E-state index contributed by atoms with van der Waals surface area (Å²) in [6.07, 6.45) is 1.92. The number of nitrogens with zero attached hydrogens (tertiary/aromatic N) is 2. The Morgan fingerprint density at radius 2 is 1.89 bits per heavy atom. The topological polar surface area (TPSA) is 119 Å². The molecule has 0 unspecified atom stereocenters. The van der Waals surface area contributed by atoms with E-state index in [0.717, 1.165) is 16.5 Å². The Kier molecular flexibility index (Phi) is 8.82. The van der Waals surface area contributed by atoms with E-state index < -0.39 is 16.1 Å². The summed E-state index contributed by atoms with van der Waals surface area (Å²) in [6.45, 7) is 4.92. The number of nitriles is 1. The molecule has 0 spiro atoms. The van der Waals surface area contributed by atoms with Gasteiger partial charge in [0.1, 0.15) is 12.1 Å². The predicted octanol–water partition coefficient (Wildman–Crippen LogP) is 4.13. The highest BCUT2D eigenvalue weighted by atomic mass is 32.2. The number of hydrogen-bond acceptors (Lipinski definition) is 6. The predicted molar refractivity (Wildman–Crippen MR) is 148 cm³/mol. The number of fused-ring (bicyclic) bond motifs is 1. The molecule has 8 nitrogen and oxygen atoms in total. The van der Waals surface area contributed by atoms with E-state index >= 15 is 0 Å². The van der Waals surface area contributed by atoms with Crippen molar-refractivity contribution in [1.29, 1.82) is 5.26 Å². The summed E-state index contributed by atoms with van der Waals surface area (Å²) in [6, 6.07) is 17.1. The number of piperidine rings is 1. The Balaban J connectivity index is 1.39. The second kappa shape index (κ2) is 12.1. The van der Waals surface area contributed by atoms with Crippen molar-refractivity contribution in [3.8, 4) is 6.07 Å². The summed E-state index contributed by atoms with van der Waals surface area (Å²) >= 11 is 1.39. The Hall–Kier alpha value is -3.26. The van der Waals surface area contributed by atoms with Crippen molar-refractivity contribution in [1.82, 2.24) is 14.9 Å². The van der Waals surface area contributed by atoms with Gasteiger partial charge in [-0.3, -0.25) is 9.59 Å². The fraction of sp³-hybridized carbons (Fsp3) is 0.393. The number of thiophene rings is 1. The van der Waals surface area contributed by atoms with Gasteiger partial charge < -0.3 is 10.6 Å². The van der Waals surface area contributed by atoms with Crippen LogP contribution in [0.2, 0.25) is 0 Å². The van der Waals surface area contributed by atoms with Gasteiger partial charge in [0.15, 0.2) is 0 Å². The SMILES string of the molecule is CC(C)C[C@H](NC(=O)c1cc2ccccc2s1)C(=O)NC[C@H]1CCCN(S(=O)(=O)c2ccccc2C#N)C1. The maximum Gasteiger partial charge on any atom is 0.262 e. The first-order valence-electron chi connectivity index (χ1n) is 12.8. The largest absolute Gasteiger partial charge is 0.354 e. The van der Waals surface area contributed by atoms with Crippen LogP contribution in [0, 0.1) is 23.2 Å². The fourth-order valence-corrected chi connectivity index (χ4v) is 7.39. The second-order valence-electron chi connectivity index (χ2n) is 10.0. The normalized spacial score (nSPS) is 17.2. The van der Waals surface area contributed by atoms with E-state index in [2.05, 4.69) is 10.6 Å². The lowest BCUT2D eigenvalue weighted by molar-refractivity contribution is -0.123. The van der Waals surface area contributed by atoms with Crippen LogP contribution >= 0.6 is 11.3 Å². The van der Waals surface area contributed by atoms with Crippen molar-refractivity contribution in [2.24, 2.45) is 11.8 Å². The number of benzene rings is 2. The molecule has 200 valence electrons. The third-order valence-corrected chi connectivity index (χ3v) is 9.69. The minimum atomic E-state index is -3.82. The molecule has 1 aromatic heterocycles. The van der Waals surface area contributed by atoms with E-state index in [0.29, 0.717) is 30.8 Å². The molecule has 1 saturated heterocycles. The quantitative estimate of drug-likeness (QED) is 0.414. The monoisotopic (exact) mass is 552 g/mol. The molecule has 2 aromatic carbocycles. The first-order chi connectivity index (χ1) is 18.2. The van der Waals surface area contributed by atoms with Crippen molar-refractivity contribution < 1.29 is 18.0 Å². The maximum absolute atomic E-state index is 13.2. The van der Waals surface area contributed by atoms with Gasteiger partial charge >= 0.3 is 0 Å². The van der Waals surface area contributed by atoms with Crippen molar-refractivity contribution in [3.63, 3.8) is 0 Å². The summed E-state index contributed by atoms with van der Waals surface area (Å²) in [7, 11) is -3.82. The zero-order chi connectivity index (χ0) is 27.3. The molecule has 1 aliphatic rings. The zero-order valence-corrected chi connectivity index (χ0v) is 23.1. The molecule has 2 N–H and O–H groups in total. The second-order valence-corrected chi connectivity index (χ2v) is 13.0. The molecule has 0 bridgehead atoms. The molecule has 2 atom stereocenters. The molecule has 1 fully saturated rings. The van der Waals surface area contributed by atoms with E-state index in [1.807, 2.05) is 50.2 Å². The number of carbonyl (C=O) groups excluding carboxylic acids is 2. The van der Waals surface area contributed by atoms with Crippen LogP contribution in [-0.2, 0) is 14.8 Å². The lowest BCUT2D eigenvalue weighted by atomic mass is 9.99. The summed E-state index contributed by atoms with van der Waals surface area (Å²) in [4.78, 5) is 26.7. The Morgan fingerprint density at radius 3 is 2.63 bits per heavy atom. The van der Waals surface area contributed by atoms with E-state index in [-0.39, 0.29) is 40.7 Å². The molecular weight excluding hydrogens is 520 g/mol. The third kappa shape index (κ3) is 6.41. The lowest BCUT2D eigenvalue weighted by Gasteiger charge is -2.32. The van der Waals surface area contributed by atoms with Crippen LogP contribution in [0.4, 0.5) is 0 Å².